The molecular formula is C17H30N4O. The van der Waals surface area contributed by atoms with Gasteiger partial charge in [-0.1, -0.05) is 0 Å². The summed E-state index contributed by atoms with van der Waals surface area (Å²) < 4.78 is 2.04. The second kappa shape index (κ2) is 7.11. The summed E-state index contributed by atoms with van der Waals surface area (Å²) in [6, 6.07) is 0. The van der Waals surface area contributed by atoms with Gasteiger partial charge < -0.3 is 10.4 Å². The summed E-state index contributed by atoms with van der Waals surface area (Å²) in [7, 11) is 0. The molecule has 0 aromatic carbocycles. The summed E-state index contributed by atoms with van der Waals surface area (Å²) in [5.74, 6) is 1.93. The van der Waals surface area contributed by atoms with Crippen LogP contribution in [-0.2, 0) is 13.1 Å². The largest absolute Gasteiger partial charge is 0.396 e. The summed E-state index contributed by atoms with van der Waals surface area (Å²) in [4.78, 5) is 2.57. The molecule has 3 heterocycles. The molecule has 0 spiro atoms. The minimum atomic E-state index is 0.341. The quantitative estimate of drug-likeness (QED) is 0.860. The van der Waals surface area contributed by atoms with E-state index in [1.54, 1.807) is 0 Å². The summed E-state index contributed by atoms with van der Waals surface area (Å²) in [5.41, 5.74) is 2.54. The van der Waals surface area contributed by atoms with E-state index in [9.17, 15) is 5.11 Å². The molecular weight excluding hydrogens is 276 g/mol. The molecule has 2 aliphatic rings. The van der Waals surface area contributed by atoms with Crippen LogP contribution < -0.4 is 5.32 Å². The minimum absolute atomic E-state index is 0.341. The van der Waals surface area contributed by atoms with Crippen LogP contribution in [0.3, 0.4) is 0 Å². The van der Waals surface area contributed by atoms with Crippen molar-refractivity contribution in [2.24, 2.45) is 17.8 Å². The summed E-state index contributed by atoms with van der Waals surface area (Å²) in [6.07, 6.45) is 4.73. The lowest BCUT2D eigenvalue weighted by atomic mass is 9.79. The van der Waals surface area contributed by atoms with E-state index in [-0.39, 0.29) is 0 Å². The molecule has 0 unspecified atom stereocenters. The highest BCUT2D eigenvalue weighted by Crippen LogP contribution is 2.32. The first kappa shape index (κ1) is 16.0. The molecule has 5 nitrogen and oxygen atoms in total. The Hall–Kier alpha value is -0.910. The fraction of sp³-hybridized carbons (Fsp3) is 0.824. The molecule has 2 atom stereocenters. The molecule has 3 rings (SSSR count). The third-order valence-corrected chi connectivity index (χ3v) is 5.63. The van der Waals surface area contributed by atoms with Crippen molar-refractivity contribution in [2.75, 3.05) is 32.8 Å². The van der Waals surface area contributed by atoms with Crippen molar-refractivity contribution in [2.45, 2.75) is 39.8 Å². The van der Waals surface area contributed by atoms with Gasteiger partial charge in [-0.3, -0.25) is 9.58 Å². The molecule has 0 amide bonds. The Morgan fingerprint density at radius 1 is 1.32 bits per heavy atom. The molecule has 1 aromatic heterocycles. The smallest absolute Gasteiger partial charge is 0.0638 e. The molecule has 22 heavy (non-hydrogen) atoms. The van der Waals surface area contributed by atoms with Crippen LogP contribution in [0, 0.1) is 24.7 Å². The van der Waals surface area contributed by atoms with E-state index >= 15 is 0 Å². The first-order valence-electron chi connectivity index (χ1n) is 8.78. The lowest BCUT2D eigenvalue weighted by Gasteiger charge is -2.36. The highest BCUT2D eigenvalue weighted by molar-refractivity contribution is 5.15. The number of nitrogens with zero attached hydrogens (tertiary/aromatic N) is 3. The third-order valence-electron chi connectivity index (χ3n) is 5.63. The average Bonchev–Trinajstić information content (AvgIpc) is 3.15. The standard InChI is InChI=1S/C17H30N4O/c1-3-21-11-16(13(2)19-21)10-20-6-4-14(5-7-20)17-9-18-8-15(17)12-22/h11,14-15,17-18,22H,3-10,12H2,1-2H3/t15-,17-/m0/s1. The summed E-state index contributed by atoms with van der Waals surface area (Å²) >= 11 is 0. The van der Waals surface area contributed by atoms with Gasteiger partial charge in [0.2, 0.25) is 0 Å². The third kappa shape index (κ3) is 3.36. The normalized spacial score (nSPS) is 27.6. The molecule has 124 valence electrons. The number of piperidine rings is 1. The monoisotopic (exact) mass is 306 g/mol. The fourth-order valence-electron chi connectivity index (χ4n) is 4.16. The van der Waals surface area contributed by atoms with E-state index in [2.05, 4.69) is 35.4 Å². The van der Waals surface area contributed by atoms with Crippen LogP contribution in [0.15, 0.2) is 6.20 Å². The molecule has 5 heteroatoms. The van der Waals surface area contributed by atoms with Crippen LogP contribution in [0.1, 0.15) is 31.0 Å². The minimum Gasteiger partial charge on any atom is -0.396 e. The number of likely N-dealkylation sites (tertiary alicyclic amines) is 1. The Bertz CT molecular complexity index is 479. The highest BCUT2D eigenvalue weighted by atomic mass is 16.3. The first-order chi connectivity index (χ1) is 10.7. The zero-order valence-corrected chi connectivity index (χ0v) is 14.0. The molecule has 0 saturated carbocycles. The van der Waals surface area contributed by atoms with Gasteiger partial charge in [0.15, 0.2) is 0 Å². The summed E-state index contributed by atoms with van der Waals surface area (Å²) in [5, 5.41) is 17.5. The molecule has 2 aliphatic heterocycles. The van der Waals surface area contributed by atoms with Gasteiger partial charge in [-0.25, -0.2) is 0 Å². The van der Waals surface area contributed by atoms with Crippen LogP contribution in [0.2, 0.25) is 0 Å². The van der Waals surface area contributed by atoms with Gasteiger partial charge in [0.05, 0.1) is 5.69 Å². The van der Waals surface area contributed by atoms with Crippen LogP contribution in [0.5, 0.6) is 0 Å². The Balaban J connectivity index is 1.52. The summed E-state index contributed by atoms with van der Waals surface area (Å²) in [6.45, 7) is 11.0. The van der Waals surface area contributed by atoms with Gasteiger partial charge in [-0.05, 0) is 64.1 Å². The Morgan fingerprint density at radius 2 is 2.09 bits per heavy atom. The van der Waals surface area contributed by atoms with E-state index in [1.165, 1.54) is 37.2 Å². The van der Waals surface area contributed by atoms with Gasteiger partial charge in [0, 0.05) is 38.0 Å². The maximum absolute atomic E-state index is 9.51. The lowest BCUT2D eigenvalue weighted by molar-refractivity contribution is 0.108. The molecule has 0 aliphatic carbocycles. The van der Waals surface area contributed by atoms with Crippen molar-refractivity contribution < 1.29 is 5.11 Å². The highest BCUT2D eigenvalue weighted by Gasteiger charge is 2.34. The number of aliphatic hydroxyl groups excluding tert-OH is 1. The maximum atomic E-state index is 9.51. The number of aliphatic hydroxyl groups is 1. The van der Waals surface area contributed by atoms with E-state index in [0.717, 1.165) is 32.1 Å². The van der Waals surface area contributed by atoms with E-state index in [4.69, 9.17) is 0 Å². The topological polar surface area (TPSA) is 53.3 Å². The molecule has 2 N–H and O–H groups in total. The molecule has 0 radical (unpaired) electrons. The van der Waals surface area contributed by atoms with Gasteiger partial charge in [0.25, 0.3) is 0 Å². The average molecular weight is 306 g/mol. The van der Waals surface area contributed by atoms with Gasteiger partial charge >= 0.3 is 0 Å². The van der Waals surface area contributed by atoms with Gasteiger partial charge in [-0.15, -0.1) is 0 Å². The Labute approximate surface area is 133 Å². The molecule has 2 fully saturated rings. The van der Waals surface area contributed by atoms with Crippen LogP contribution in [0.4, 0.5) is 0 Å². The molecule has 1 aromatic rings. The van der Waals surface area contributed by atoms with Gasteiger partial charge in [0.1, 0.15) is 0 Å². The number of aryl methyl sites for hydroxylation is 2. The SMILES string of the molecule is CCn1cc(CN2CCC([C@@H]3CNC[C@H]3CO)CC2)c(C)n1. The van der Waals surface area contributed by atoms with E-state index in [1.807, 2.05) is 4.68 Å². The molecule has 2 saturated heterocycles. The van der Waals surface area contributed by atoms with E-state index < -0.39 is 0 Å². The van der Waals surface area contributed by atoms with Gasteiger partial charge in [-0.2, -0.15) is 5.10 Å². The van der Waals surface area contributed by atoms with Crippen molar-refractivity contribution in [3.8, 4) is 0 Å². The van der Waals surface area contributed by atoms with Crippen LogP contribution in [0.25, 0.3) is 0 Å². The van der Waals surface area contributed by atoms with Crippen molar-refractivity contribution in [3.63, 3.8) is 0 Å². The second-order valence-corrected chi connectivity index (χ2v) is 6.97. The number of aromatic nitrogens is 2. The maximum Gasteiger partial charge on any atom is 0.0638 e. The lowest BCUT2D eigenvalue weighted by Crippen LogP contribution is -2.38. The van der Waals surface area contributed by atoms with Crippen LogP contribution >= 0.6 is 0 Å². The predicted molar refractivity (Wildman–Crippen MR) is 87.6 cm³/mol. The predicted octanol–water partition coefficient (Wildman–Crippen LogP) is 1.25. The number of nitrogens with one attached hydrogen (secondary N) is 1. The van der Waals surface area contributed by atoms with E-state index in [0.29, 0.717) is 18.4 Å². The van der Waals surface area contributed by atoms with Crippen molar-refractivity contribution in [1.29, 1.82) is 0 Å². The number of hydrogen-bond donors (Lipinski definition) is 2. The van der Waals surface area contributed by atoms with Crippen molar-refractivity contribution in [1.82, 2.24) is 20.0 Å². The zero-order valence-electron chi connectivity index (χ0n) is 14.0. The zero-order chi connectivity index (χ0) is 15.5. The first-order valence-corrected chi connectivity index (χ1v) is 8.78. The second-order valence-electron chi connectivity index (χ2n) is 6.97. The van der Waals surface area contributed by atoms with Crippen molar-refractivity contribution >= 4 is 0 Å². The Kier molecular flexibility index (Phi) is 5.16. The Morgan fingerprint density at radius 3 is 2.73 bits per heavy atom. The van der Waals surface area contributed by atoms with Crippen LogP contribution in [-0.4, -0.2) is 52.6 Å². The fourth-order valence-corrected chi connectivity index (χ4v) is 4.16. The number of hydrogen-bond acceptors (Lipinski definition) is 4. The number of rotatable bonds is 5. The molecule has 0 bridgehead atoms. The van der Waals surface area contributed by atoms with Crippen molar-refractivity contribution in [3.05, 3.63) is 17.5 Å².